The Kier molecular flexibility index (Phi) is 5.97. The van der Waals surface area contributed by atoms with E-state index in [4.69, 9.17) is 0 Å². The third-order valence-electron chi connectivity index (χ3n) is 5.16. The quantitative estimate of drug-likeness (QED) is 0.808. The monoisotopic (exact) mass is 252 g/mol. The predicted molar refractivity (Wildman–Crippen MR) is 78.8 cm³/mol. The third-order valence-corrected chi connectivity index (χ3v) is 5.16. The molecule has 0 radical (unpaired) electrons. The zero-order chi connectivity index (χ0) is 12.8. The van der Waals surface area contributed by atoms with Gasteiger partial charge in [0.1, 0.15) is 0 Å². The Morgan fingerprint density at radius 2 is 1.44 bits per heavy atom. The summed E-state index contributed by atoms with van der Waals surface area (Å²) in [5.41, 5.74) is 0. The lowest BCUT2D eigenvalue weighted by Crippen LogP contribution is -2.38. The molecule has 2 fully saturated rings. The highest BCUT2D eigenvalue weighted by molar-refractivity contribution is 4.75. The van der Waals surface area contributed by atoms with E-state index >= 15 is 0 Å². The molecular formula is C16H32N2. The maximum atomic E-state index is 3.75. The van der Waals surface area contributed by atoms with Crippen molar-refractivity contribution in [2.24, 2.45) is 17.8 Å². The van der Waals surface area contributed by atoms with Gasteiger partial charge in [0.25, 0.3) is 0 Å². The molecule has 2 rings (SSSR count). The van der Waals surface area contributed by atoms with Crippen LogP contribution in [0.1, 0.15) is 52.4 Å². The molecule has 18 heavy (non-hydrogen) atoms. The topological polar surface area (TPSA) is 15.3 Å². The molecular weight excluding hydrogens is 220 g/mol. The molecule has 0 spiro atoms. The van der Waals surface area contributed by atoms with Crippen LogP contribution in [0, 0.1) is 17.8 Å². The number of hydrogen-bond acceptors (Lipinski definition) is 2. The Balaban J connectivity index is 1.53. The normalized spacial score (nSPS) is 31.7. The van der Waals surface area contributed by atoms with Crippen LogP contribution in [0.15, 0.2) is 0 Å². The molecule has 1 heterocycles. The summed E-state index contributed by atoms with van der Waals surface area (Å²) in [6.45, 7) is 11.1. The molecule has 2 aliphatic rings. The standard InChI is InChI=1S/C16H32N2/c1-3-18-10-8-16(9-11-18)13-17-12-15-6-4-14(2)5-7-15/h14-17H,3-13H2,1-2H3. The molecule has 1 aliphatic carbocycles. The van der Waals surface area contributed by atoms with Crippen molar-refractivity contribution in [3.05, 3.63) is 0 Å². The number of nitrogens with one attached hydrogen (secondary N) is 1. The minimum absolute atomic E-state index is 0.940. The summed E-state index contributed by atoms with van der Waals surface area (Å²) in [6.07, 6.45) is 8.65. The summed E-state index contributed by atoms with van der Waals surface area (Å²) in [7, 11) is 0. The van der Waals surface area contributed by atoms with Crippen LogP contribution < -0.4 is 5.32 Å². The second kappa shape index (κ2) is 7.49. The fourth-order valence-electron chi connectivity index (χ4n) is 3.53. The van der Waals surface area contributed by atoms with Gasteiger partial charge < -0.3 is 10.2 Å². The van der Waals surface area contributed by atoms with Gasteiger partial charge in [0, 0.05) is 0 Å². The average molecular weight is 252 g/mol. The Labute approximate surface area is 114 Å². The zero-order valence-electron chi connectivity index (χ0n) is 12.5. The lowest BCUT2D eigenvalue weighted by atomic mass is 9.83. The van der Waals surface area contributed by atoms with E-state index in [1.165, 1.54) is 71.2 Å². The van der Waals surface area contributed by atoms with Gasteiger partial charge >= 0.3 is 0 Å². The summed E-state index contributed by atoms with van der Waals surface area (Å²) in [6, 6.07) is 0. The molecule has 2 heteroatoms. The Morgan fingerprint density at radius 3 is 2.00 bits per heavy atom. The van der Waals surface area contributed by atoms with E-state index < -0.39 is 0 Å². The van der Waals surface area contributed by atoms with Crippen molar-refractivity contribution in [2.75, 3.05) is 32.7 Å². The maximum Gasteiger partial charge on any atom is -0.00157 e. The summed E-state index contributed by atoms with van der Waals surface area (Å²) in [5.74, 6) is 2.90. The third kappa shape index (κ3) is 4.55. The van der Waals surface area contributed by atoms with Crippen LogP contribution >= 0.6 is 0 Å². The van der Waals surface area contributed by atoms with Gasteiger partial charge in [-0.3, -0.25) is 0 Å². The number of piperidine rings is 1. The second-order valence-electron chi connectivity index (χ2n) is 6.66. The number of nitrogens with zero attached hydrogens (tertiary/aromatic N) is 1. The maximum absolute atomic E-state index is 3.75. The van der Waals surface area contributed by atoms with Crippen LogP contribution in [-0.4, -0.2) is 37.6 Å². The van der Waals surface area contributed by atoms with E-state index in [0.29, 0.717) is 0 Å². The van der Waals surface area contributed by atoms with Crippen LogP contribution in [0.4, 0.5) is 0 Å². The molecule has 0 aromatic rings. The van der Waals surface area contributed by atoms with Crippen LogP contribution in [-0.2, 0) is 0 Å². The molecule has 0 atom stereocenters. The molecule has 2 nitrogen and oxygen atoms in total. The SMILES string of the molecule is CCN1CCC(CNCC2CCC(C)CC2)CC1. The number of rotatable bonds is 5. The molecule has 0 amide bonds. The summed E-state index contributed by atoms with van der Waals surface area (Å²) >= 11 is 0. The van der Waals surface area contributed by atoms with E-state index in [9.17, 15) is 0 Å². The van der Waals surface area contributed by atoms with E-state index in [1.54, 1.807) is 0 Å². The van der Waals surface area contributed by atoms with Crippen molar-refractivity contribution < 1.29 is 0 Å². The van der Waals surface area contributed by atoms with Crippen molar-refractivity contribution in [2.45, 2.75) is 52.4 Å². The van der Waals surface area contributed by atoms with Gasteiger partial charge in [-0.25, -0.2) is 0 Å². The van der Waals surface area contributed by atoms with Gasteiger partial charge in [-0.15, -0.1) is 0 Å². The molecule has 1 saturated carbocycles. The average Bonchev–Trinajstić information content (AvgIpc) is 2.42. The first kappa shape index (κ1) is 14.3. The smallest absolute Gasteiger partial charge is 0.00157 e. The molecule has 0 unspecified atom stereocenters. The van der Waals surface area contributed by atoms with Crippen LogP contribution in [0.5, 0.6) is 0 Å². The van der Waals surface area contributed by atoms with Gasteiger partial charge in [0.2, 0.25) is 0 Å². The molecule has 1 N–H and O–H groups in total. The van der Waals surface area contributed by atoms with Crippen molar-refractivity contribution >= 4 is 0 Å². The second-order valence-corrected chi connectivity index (χ2v) is 6.66. The van der Waals surface area contributed by atoms with Crippen molar-refractivity contribution in [3.63, 3.8) is 0 Å². The van der Waals surface area contributed by atoms with Gasteiger partial charge in [-0.1, -0.05) is 26.7 Å². The van der Waals surface area contributed by atoms with E-state index in [2.05, 4.69) is 24.1 Å². The number of hydrogen-bond donors (Lipinski definition) is 1. The summed E-state index contributed by atoms with van der Waals surface area (Å²) in [4.78, 5) is 2.58. The van der Waals surface area contributed by atoms with Gasteiger partial charge in [0.15, 0.2) is 0 Å². The molecule has 0 bridgehead atoms. The van der Waals surface area contributed by atoms with Gasteiger partial charge in [0.05, 0.1) is 0 Å². The van der Waals surface area contributed by atoms with E-state index in [-0.39, 0.29) is 0 Å². The summed E-state index contributed by atoms with van der Waals surface area (Å²) in [5, 5.41) is 3.75. The Morgan fingerprint density at radius 1 is 0.889 bits per heavy atom. The van der Waals surface area contributed by atoms with Crippen molar-refractivity contribution in [3.8, 4) is 0 Å². The van der Waals surface area contributed by atoms with Crippen molar-refractivity contribution in [1.29, 1.82) is 0 Å². The molecule has 0 aromatic heterocycles. The molecule has 1 aliphatic heterocycles. The van der Waals surface area contributed by atoms with Crippen LogP contribution in [0.3, 0.4) is 0 Å². The Hall–Kier alpha value is -0.0800. The summed E-state index contributed by atoms with van der Waals surface area (Å²) < 4.78 is 0. The first-order valence-corrected chi connectivity index (χ1v) is 8.21. The first-order chi connectivity index (χ1) is 8.78. The fourth-order valence-corrected chi connectivity index (χ4v) is 3.53. The minimum atomic E-state index is 0.940. The van der Waals surface area contributed by atoms with E-state index in [0.717, 1.165) is 17.8 Å². The Bertz CT molecular complexity index is 213. The number of likely N-dealkylation sites (tertiary alicyclic amines) is 1. The van der Waals surface area contributed by atoms with Gasteiger partial charge in [-0.05, 0) is 76.2 Å². The molecule has 0 aromatic carbocycles. The van der Waals surface area contributed by atoms with E-state index in [1.807, 2.05) is 0 Å². The highest BCUT2D eigenvalue weighted by Gasteiger charge is 2.20. The lowest BCUT2D eigenvalue weighted by molar-refractivity contribution is 0.187. The lowest BCUT2D eigenvalue weighted by Gasteiger charge is -2.32. The van der Waals surface area contributed by atoms with Crippen LogP contribution in [0.2, 0.25) is 0 Å². The first-order valence-electron chi connectivity index (χ1n) is 8.21. The molecule has 106 valence electrons. The fraction of sp³-hybridized carbons (Fsp3) is 1.00. The molecule has 1 saturated heterocycles. The van der Waals surface area contributed by atoms with Crippen molar-refractivity contribution in [1.82, 2.24) is 10.2 Å². The minimum Gasteiger partial charge on any atom is -0.316 e. The highest BCUT2D eigenvalue weighted by Crippen LogP contribution is 2.27. The van der Waals surface area contributed by atoms with Gasteiger partial charge in [-0.2, -0.15) is 0 Å². The largest absolute Gasteiger partial charge is 0.316 e. The van der Waals surface area contributed by atoms with Crippen LogP contribution in [0.25, 0.3) is 0 Å². The highest BCUT2D eigenvalue weighted by atomic mass is 15.1. The predicted octanol–water partition coefficient (Wildman–Crippen LogP) is 3.13. The zero-order valence-corrected chi connectivity index (χ0v) is 12.5.